The zero-order valence-electron chi connectivity index (χ0n) is 18.4. The minimum absolute atomic E-state index is 0.00787. The maximum atomic E-state index is 12.5. The van der Waals surface area contributed by atoms with Gasteiger partial charge in [0.1, 0.15) is 0 Å². The van der Waals surface area contributed by atoms with Crippen LogP contribution >= 0.6 is 0 Å². The normalized spacial score (nSPS) is 16.6. The van der Waals surface area contributed by atoms with E-state index in [4.69, 9.17) is 4.43 Å². The molecule has 0 aliphatic carbocycles. The Kier molecular flexibility index (Phi) is 5.98. The summed E-state index contributed by atoms with van der Waals surface area (Å²) in [5, 5.41) is 8.92. The molecule has 0 aromatic heterocycles. The Balaban J connectivity index is 1.71. The topological polar surface area (TPSA) is 50.4 Å². The number of fused-ring (bicyclic) bond motifs is 1. The molecule has 0 radical (unpaired) electrons. The molecule has 3 aromatic carbocycles. The lowest BCUT2D eigenvalue weighted by molar-refractivity contribution is -0.116. The van der Waals surface area contributed by atoms with Gasteiger partial charge in [-0.1, -0.05) is 93.6 Å². The van der Waals surface area contributed by atoms with E-state index in [1.165, 1.54) is 10.4 Å². The predicted octanol–water partition coefficient (Wildman–Crippen LogP) is 4.39. The zero-order chi connectivity index (χ0) is 21.9. The van der Waals surface area contributed by atoms with Gasteiger partial charge < -0.3 is 15.1 Å². The van der Waals surface area contributed by atoms with Crippen LogP contribution in [0.1, 0.15) is 27.2 Å². The maximum absolute atomic E-state index is 12.5. The number of hydrogen-bond acceptors (Lipinski definition) is 3. The van der Waals surface area contributed by atoms with Crippen molar-refractivity contribution < 1.29 is 9.22 Å². The van der Waals surface area contributed by atoms with Crippen LogP contribution < -0.4 is 21.0 Å². The van der Waals surface area contributed by atoms with E-state index >= 15 is 0 Å². The van der Waals surface area contributed by atoms with Gasteiger partial charge in [0.2, 0.25) is 5.91 Å². The van der Waals surface area contributed by atoms with Crippen LogP contribution in [0.25, 0.3) is 0 Å². The second-order valence-corrected chi connectivity index (χ2v) is 13.4. The molecule has 0 spiro atoms. The second-order valence-electron chi connectivity index (χ2n) is 9.11. The molecule has 1 amide bonds. The molecular weight excluding hydrogens is 400 g/mol. The van der Waals surface area contributed by atoms with E-state index in [1.54, 1.807) is 0 Å². The highest BCUT2D eigenvalue weighted by Crippen LogP contribution is 2.37. The first-order valence-corrected chi connectivity index (χ1v) is 12.7. The third-order valence-corrected chi connectivity index (χ3v) is 10.9. The molecule has 3 aromatic rings. The quantitative estimate of drug-likeness (QED) is 0.591. The Labute approximate surface area is 185 Å². The lowest BCUT2D eigenvalue weighted by Gasteiger charge is -2.43. The first-order chi connectivity index (χ1) is 14.9. The number of carbonyl (C=O) groups is 1. The van der Waals surface area contributed by atoms with Gasteiger partial charge in [0, 0.05) is 6.42 Å². The Bertz CT molecular complexity index is 993. The first kappa shape index (κ1) is 21.3. The van der Waals surface area contributed by atoms with Gasteiger partial charge in [-0.15, -0.1) is 0 Å². The van der Waals surface area contributed by atoms with Gasteiger partial charge in [-0.25, -0.2) is 0 Å². The zero-order valence-corrected chi connectivity index (χ0v) is 19.4. The standard InChI is InChI=1S/C26H30N2O2Si/c1-26(2,3)31(21-12-6-4-7-13-21,22-14-8-5-9-15-22)30-19-20-18-25(29)28-24-17-11-10-16-23(24)27-20/h4-17,20,27H,18-19H2,1-3H3,(H,28,29). The third-order valence-electron chi connectivity index (χ3n) is 5.91. The van der Waals surface area contributed by atoms with Crippen molar-refractivity contribution in [2.24, 2.45) is 0 Å². The van der Waals surface area contributed by atoms with Crippen molar-refractivity contribution in [3.63, 3.8) is 0 Å². The van der Waals surface area contributed by atoms with Crippen molar-refractivity contribution in [2.75, 3.05) is 17.2 Å². The van der Waals surface area contributed by atoms with Crippen molar-refractivity contribution in [1.82, 2.24) is 0 Å². The molecule has 1 aliphatic rings. The predicted molar refractivity (Wildman–Crippen MR) is 131 cm³/mol. The largest absolute Gasteiger partial charge is 0.405 e. The second kappa shape index (κ2) is 8.69. The van der Waals surface area contributed by atoms with Crippen LogP contribution in [0.5, 0.6) is 0 Å². The van der Waals surface area contributed by atoms with Gasteiger partial charge >= 0.3 is 0 Å². The fourth-order valence-corrected chi connectivity index (χ4v) is 9.11. The van der Waals surface area contributed by atoms with E-state index in [2.05, 4.69) is 79.9 Å². The lowest BCUT2D eigenvalue weighted by atomic mass is 10.2. The molecule has 0 saturated heterocycles. The highest BCUT2D eigenvalue weighted by Gasteiger charge is 2.50. The number of rotatable bonds is 5. The summed E-state index contributed by atoms with van der Waals surface area (Å²) in [5.74, 6) is 0.00787. The summed E-state index contributed by atoms with van der Waals surface area (Å²) in [6.07, 6.45) is 0.368. The fourth-order valence-electron chi connectivity index (χ4n) is 4.50. The highest BCUT2D eigenvalue weighted by atomic mass is 28.4. The van der Waals surface area contributed by atoms with Crippen LogP contribution in [0.3, 0.4) is 0 Å². The minimum Gasteiger partial charge on any atom is -0.405 e. The smallest absolute Gasteiger partial charge is 0.261 e. The molecular formula is C26H30N2O2Si. The number of anilines is 2. The maximum Gasteiger partial charge on any atom is 0.261 e. The molecule has 5 heteroatoms. The summed E-state index contributed by atoms with van der Waals surface area (Å²) in [5.41, 5.74) is 1.75. The Hall–Kier alpha value is -2.89. The molecule has 4 rings (SSSR count). The SMILES string of the molecule is CC(C)(C)[Si](OCC1CC(=O)Nc2ccccc2N1)(c1ccccc1)c1ccccc1. The van der Waals surface area contributed by atoms with E-state index in [-0.39, 0.29) is 17.0 Å². The molecule has 1 atom stereocenters. The molecule has 0 saturated carbocycles. The van der Waals surface area contributed by atoms with Crippen LogP contribution in [0.2, 0.25) is 5.04 Å². The number of para-hydroxylation sites is 2. The monoisotopic (exact) mass is 430 g/mol. The third kappa shape index (κ3) is 4.29. The number of hydrogen-bond donors (Lipinski definition) is 2. The van der Waals surface area contributed by atoms with E-state index in [0.717, 1.165) is 11.4 Å². The molecule has 0 bridgehead atoms. The molecule has 2 N–H and O–H groups in total. The number of benzene rings is 3. The van der Waals surface area contributed by atoms with Gasteiger partial charge in [0.15, 0.2) is 0 Å². The van der Waals surface area contributed by atoms with E-state index in [0.29, 0.717) is 13.0 Å². The number of carbonyl (C=O) groups excluding carboxylic acids is 1. The summed E-state index contributed by atoms with van der Waals surface area (Å²) in [6.45, 7) is 7.25. The number of amides is 1. The van der Waals surface area contributed by atoms with Crippen molar-refractivity contribution >= 4 is 36.0 Å². The number of nitrogens with one attached hydrogen (secondary N) is 2. The fraction of sp³-hybridized carbons (Fsp3) is 0.269. The lowest BCUT2D eigenvalue weighted by Crippen LogP contribution is -2.67. The summed E-state index contributed by atoms with van der Waals surface area (Å²) < 4.78 is 7.02. The summed E-state index contributed by atoms with van der Waals surface area (Å²) in [7, 11) is -2.64. The Morgan fingerprint density at radius 1 is 0.839 bits per heavy atom. The Morgan fingerprint density at radius 2 is 1.35 bits per heavy atom. The molecule has 4 nitrogen and oxygen atoms in total. The van der Waals surface area contributed by atoms with Crippen LogP contribution in [-0.4, -0.2) is 26.9 Å². The van der Waals surface area contributed by atoms with Gasteiger partial charge in [-0.3, -0.25) is 4.79 Å². The van der Waals surface area contributed by atoms with Crippen molar-refractivity contribution in [3.05, 3.63) is 84.9 Å². The highest BCUT2D eigenvalue weighted by molar-refractivity contribution is 6.99. The summed E-state index contributed by atoms with van der Waals surface area (Å²) in [4.78, 5) is 12.5. The van der Waals surface area contributed by atoms with Crippen LogP contribution in [0, 0.1) is 0 Å². The van der Waals surface area contributed by atoms with Gasteiger partial charge in [0.25, 0.3) is 8.32 Å². The molecule has 1 heterocycles. The molecule has 160 valence electrons. The average Bonchev–Trinajstić information content (AvgIpc) is 2.92. The van der Waals surface area contributed by atoms with Gasteiger partial charge in [0.05, 0.1) is 24.0 Å². The molecule has 1 unspecified atom stereocenters. The van der Waals surface area contributed by atoms with E-state index in [1.807, 2.05) is 36.4 Å². The van der Waals surface area contributed by atoms with Crippen molar-refractivity contribution in [2.45, 2.75) is 38.3 Å². The van der Waals surface area contributed by atoms with Gasteiger partial charge in [-0.2, -0.15) is 0 Å². The van der Waals surface area contributed by atoms with Gasteiger partial charge in [-0.05, 0) is 27.5 Å². The van der Waals surface area contributed by atoms with E-state index < -0.39 is 8.32 Å². The molecule has 1 aliphatic heterocycles. The van der Waals surface area contributed by atoms with Crippen LogP contribution in [0.4, 0.5) is 11.4 Å². The van der Waals surface area contributed by atoms with E-state index in [9.17, 15) is 4.79 Å². The minimum atomic E-state index is -2.64. The first-order valence-electron chi connectivity index (χ1n) is 10.8. The van der Waals surface area contributed by atoms with Crippen LogP contribution in [-0.2, 0) is 9.22 Å². The molecule has 31 heavy (non-hydrogen) atoms. The average molecular weight is 431 g/mol. The summed E-state index contributed by atoms with van der Waals surface area (Å²) >= 11 is 0. The Morgan fingerprint density at radius 3 is 1.90 bits per heavy atom. The van der Waals surface area contributed by atoms with Crippen molar-refractivity contribution in [3.8, 4) is 0 Å². The van der Waals surface area contributed by atoms with Crippen LogP contribution in [0.15, 0.2) is 84.9 Å². The van der Waals surface area contributed by atoms with Crippen molar-refractivity contribution in [1.29, 1.82) is 0 Å². The summed E-state index contributed by atoms with van der Waals surface area (Å²) in [6, 6.07) is 28.9. The molecule has 0 fully saturated rings.